The van der Waals surface area contributed by atoms with E-state index in [4.69, 9.17) is 16.9 Å². The van der Waals surface area contributed by atoms with E-state index in [-0.39, 0.29) is 12.9 Å². The van der Waals surface area contributed by atoms with E-state index >= 15 is 0 Å². The van der Waals surface area contributed by atoms with Crippen LogP contribution >= 0.6 is 32.8 Å². The maximum Gasteiger partial charge on any atom is 0.0952 e. The van der Waals surface area contributed by atoms with Crippen LogP contribution in [0, 0.1) is 6.92 Å². The molecule has 0 aliphatic carbocycles. The van der Waals surface area contributed by atoms with Gasteiger partial charge in [0, 0.05) is 5.30 Å². The summed E-state index contributed by atoms with van der Waals surface area (Å²) in [6.07, 6.45) is -0.233. The van der Waals surface area contributed by atoms with Crippen LogP contribution in [0.3, 0.4) is 0 Å². The van der Waals surface area contributed by atoms with Gasteiger partial charge in [-0.15, -0.1) is 0 Å². The molecule has 1 N–H and O–H groups in total. The third-order valence-electron chi connectivity index (χ3n) is 3.04. The van der Waals surface area contributed by atoms with Gasteiger partial charge < -0.3 is 5.11 Å². The van der Waals surface area contributed by atoms with E-state index in [0.29, 0.717) is 0 Å². The van der Waals surface area contributed by atoms with Crippen molar-refractivity contribution in [2.75, 3.05) is 0 Å². The smallest absolute Gasteiger partial charge is 0.0952 e. The standard InChI is InChI=1S/C14H14OP2S3/c1-11-2-8-14(9-3-11)17(18)19-16(20-17)13-6-4-12(10-15)5-7-13/h2-9,15H,10H2,1H3. The second-order valence-electron chi connectivity index (χ2n) is 4.58. The van der Waals surface area contributed by atoms with E-state index in [1.165, 1.54) is 16.2 Å². The number of rotatable bonds is 3. The van der Waals surface area contributed by atoms with Gasteiger partial charge in [-0.2, -0.15) is 0 Å². The molecule has 0 spiro atoms. The molecule has 2 aromatic carbocycles. The first-order valence-electron chi connectivity index (χ1n) is 6.17. The average molecular weight is 356 g/mol. The zero-order valence-electron chi connectivity index (χ0n) is 10.9. The minimum Gasteiger partial charge on any atom is -0.392 e. The molecule has 1 saturated heterocycles. The van der Waals surface area contributed by atoms with Crippen molar-refractivity contribution >= 4 is 55.2 Å². The van der Waals surface area contributed by atoms with Gasteiger partial charge in [0.15, 0.2) is 0 Å². The Morgan fingerprint density at radius 3 is 2.20 bits per heavy atom. The molecule has 1 fully saturated rings. The highest BCUT2D eigenvalue weighted by atomic mass is 33.7. The van der Waals surface area contributed by atoms with E-state index in [1.54, 1.807) is 0 Å². The van der Waals surface area contributed by atoms with Crippen molar-refractivity contribution in [2.45, 2.75) is 13.5 Å². The lowest BCUT2D eigenvalue weighted by Crippen LogP contribution is -2.06. The summed E-state index contributed by atoms with van der Waals surface area (Å²) in [5.74, 6) is 0. The van der Waals surface area contributed by atoms with Crippen LogP contribution in [-0.2, 0) is 18.4 Å². The fourth-order valence-corrected chi connectivity index (χ4v) is 27.8. The van der Waals surface area contributed by atoms with Gasteiger partial charge in [0.05, 0.1) is 17.4 Å². The predicted octanol–water partition coefficient (Wildman–Crippen LogP) is 4.54. The molecular weight excluding hydrogens is 342 g/mol. The van der Waals surface area contributed by atoms with Gasteiger partial charge in [-0.3, -0.25) is 0 Å². The molecule has 0 saturated carbocycles. The predicted molar refractivity (Wildman–Crippen MR) is 99.2 cm³/mol. The minimum atomic E-state index is -1.46. The summed E-state index contributed by atoms with van der Waals surface area (Å²) < 4.78 is -1.46. The van der Waals surface area contributed by atoms with Gasteiger partial charge in [0.25, 0.3) is 0 Å². The first-order chi connectivity index (χ1) is 9.60. The molecular formula is C14H14OP2S3. The normalized spacial score (nSPS) is 25.2. The van der Waals surface area contributed by atoms with Crippen molar-refractivity contribution in [3.05, 3.63) is 59.7 Å². The number of hydrogen-bond donors (Lipinski definition) is 1. The lowest BCUT2D eigenvalue weighted by atomic mass is 10.2. The van der Waals surface area contributed by atoms with Gasteiger partial charge >= 0.3 is 0 Å². The van der Waals surface area contributed by atoms with Crippen molar-refractivity contribution in [3.63, 3.8) is 0 Å². The molecule has 20 heavy (non-hydrogen) atoms. The molecule has 6 heteroatoms. The van der Waals surface area contributed by atoms with Crippen LogP contribution < -0.4 is 10.6 Å². The number of aliphatic hydroxyl groups is 1. The Bertz CT molecular complexity index is 645. The molecule has 3 rings (SSSR count). The van der Waals surface area contributed by atoms with Crippen LogP contribution in [0.5, 0.6) is 0 Å². The van der Waals surface area contributed by atoms with Crippen LogP contribution in [-0.4, -0.2) is 5.11 Å². The number of aliphatic hydroxyl groups excluding tert-OH is 1. The van der Waals surface area contributed by atoms with E-state index in [1.807, 2.05) is 34.1 Å². The Labute approximate surface area is 133 Å². The van der Waals surface area contributed by atoms with E-state index < -0.39 is 4.44 Å². The van der Waals surface area contributed by atoms with Gasteiger partial charge in [-0.1, -0.05) is 87.9 Å². The van der Waals surface area contributed by atoms with Gasteiger partial charge in [-0.25, -0.2) is 0 Å². The van der Waals surface area contributed by atoms with Crippen molar-refractivity contribution in [2.24, 2.45) is 0 Å². The summed E-state index contributed by atoms with van der Waals surface area (Å²) >= 11 is 9.87. The minimum absolute atomic E-state index is 0.111. The van der Waals surface area contributed by atoms with Crippen molar-refractivity contribution in [1.82, 2.24) is 0 Å². The molecule has 0 atom stereocenters. The molecule has 1 aliphatic rings. The van der Waals surface area contributed by atoms with E-state index in [0.717, 1.165) is 5.56 Å². The molecule has 0 amide bonds. The van der Waals surface area contributed by atoms with Gasteiger partial charge in [0.1, 0.15) is 0 Å². The highest BCUT2D eigenvalue weighted by Gasteiger charge is 2.40. The summed E-state index contributed by atoms with van der Waals surface area (Å²) in [6, 6.07) is 17.0. The SMILES string of the molecule is Cc1ccc(P2(=S)SP(c3ccc(CO)cc3)S2)cc1. The third kappa shape index (κ3) is 3.02. The average Bonchev–Trinajstić information content (AvgIpc) is 2.45. The quantitative estimate of drug-likeness (QED) is 0.815. The van der Waals surface area contributed by atoms with Crippen LogP contribution in [0.2, 0.25) is 0 Å². The van der Waals surface area contributed by atoms with E-state index in [2.05, 4.69) is 43.3 Å². The summed E-state index contributed by atoms with van der Waals surface area (Å²) in [4.78, 5) is 0. The highest BCUT2D eigenvalue weighted by Crippen LogP contribution is 2.99. The highest BCUT2D eigenvalue weighted by molar-refractivity contribution is 9.43. The summed E-state index contributed by atoms with van der Waals surface area (Å²) in [5.41, 5.74) is 2.25. The molecule has 2 aromatic rings. The largest absolute Gasteiger partial charge is 0.392 e. The maximum atomic E-state index is 9.08. The van der Waals surface area contributed by atoms with Crippen molar-refractivity contribution < 1.29 is 5.11 Å². The molecule has 0 bridgehead atoms. The Balaban J connectivity index is 1.73. The summed E-state index contributed by atoms with van der Waals surface area (Å²) in [5, 5.41) is 11.8. The zero-order valence-corrected chi connectivity index (χ0v) is 15.1. The maximum absolute atomic E-state index is 9.08. The lowest BCUT2D eigenvalue weighted by Gasteiger charge is -2.37. The zero-order chi connectivity index (χ0) is 14.2. The summed E-state index contributed by atoms with van der Waals surface area (Å²) in [7, 11) is 0. The molecule has 104 valence electrons. The molecule has 0 radical (unpaired) electrons. The van der Waals surface area contributed by atoms with Crippen molar-refractivity contribution in [1.29, 1.82) is 0 Å². The van der Waals surface area contributed by atoms with Crippen LogP contribution in [0.4, 0.5) is 0 Å². The Hall–Kier alpha value is 0.180. The van der Waals surface area contributed by atoms with Gasteiger partial charge in [0.2, 0.25) is 0 Å². The molecule has 1 heterocycles. The lowest BCUT2D eigenvalue weighted by molar-refractivity contribution is 0.282. The first kappa shape index (κ1) is 15.1. The first-order valence-corrected chi connectivity index (χ1v) is 14.4. The Kier molecular flexibility index (Phi) is 4.62. The molecule has 1 nitrogen and oxygen atoms in total. The fourth-order valence-electron chi connectivity index (χ4n) is 1.84. The number of benzene rings is 2. The Morgan fingerprint density at radius 1 is 1.05 bits per heavy atom. The second-order valence-corrected chi connectivity index (χ2v) is 21.3. The molecule has 1 aliphatic heterocycles. The number of aryl methyl sites for hydroxylation is 1. The topological polar surface area (TPSA) is 20.2 Å². The summed E-state index contributed by atoms with van der Waals surface area (Å²) in [6.45, 7) is 2.22. The van der Waals surface area contributed by atoms with Crippen LogP contribution in [0.1, 0.15) is 11.1 Å². The molecule has 0 unspecified atom stereocenters. The van der Waals surface area contributed by atoms with Crippen LogP contribution in [0.25, 0.3) is 0 Å². The second kappa shape index (κ2) is 6.12. The van der Waals surface area contributed by atoms with Gasteiger partial charge in [-0.05, 0) is 17.8 Å². The van der Waals surface area contributed by atoms with Crippen LogP contribution in [0.15, 0.2) is 48.5 Å². The third-order valence-corrected chi connectivity index (χ3v) is 28.1. The molecule has 0 aromatic heterocycles. The monoisotopic (exact) mass is 356 g/mol. The van der Waals surface area contributed by atoms with E-state index in [9.17, 15) is 0 Å². The Morgan fingerprint density at radius 2 is 1.65 bits per heavy atom. The fraction of sp³-hybridized carbons (Fsp3) is 0.143. The number of hydrogen-bond acceptors (Lipinski definition) is 4. The van der Waals surface area contributed by atoms with Crippen molar-refractivity contribution in [3.8, 4) is 0 Å².